The van der Waals surface area contributed by atoms with Gasteiger partial charge in [-0.25, -0.2) is 0 Å². The molecular weight excluding hydrogens is 665 g/mol. The van der Waals surface area contributed by atoms with Gasteiger partial charge in [-0.05, 0) is 135 Å². The van der Waals surface area contributed by atoms with Crippen LogP contribution in [0.5, 0.6) is 11.5 Å². The minimum absolute atomic E-state index is 0.526. The summed E-state index contributed by atoms with van der Waals surface area (Å²) >= 11 is 0. The zero-order chi connectivity index (χ0) is 36.9. The highest BCUT2D eigenvalue weighted by Crippen LogP contribution is 2.52. The fourth-order valence-electron chi connectivity index (χ4n) is 9.18. The van der Waals surface area contributed by atoms with Crippen molar-refractivity contribution in [2.24, 2.45) is 0 Å². The van der Waals surface area contributed by atoms with Gasteiger partial charge in [-0.15, -0.1) is 0 Å². The molecule has 0 spiro atoms. The predicted molar refractivity (Wildman–Crippen MR) is 233 cm³/mol. The van der Waals surface area contributed by atoms with Gasteiger partial charge in [0.1, 0.15) is 11.5 Å². The van der Waals surface area contributed by atoms with Gasteiger partial charge in [0.05, 0.1) is 1.37 Å². The lowest BCUT2D eigenvalue weighted by Crippen LogP contribution is -1.98. The van der Waals surface area contributed by atoms with E-state index in [0.29, 0.717) is 6.04 Å². The number of hydrogen-bond acceptors (Lipinski definition) is 1. The number of benzene rings is 11. The van der Waals surface area contributed by atoms with Crippen LogP contribution < -0.4 is 4.74 Å². The Bertz CT molecular complexity index is 3410. The van der Waals surface area contributed by atoms with Crippen molar-refractivity contribution >= 4 is 64.6 Å². The topological polar surface area (TPSA) is 9.23 Å². The highest BCUT2D eigenvalue weighted by Gasteiger charge is 2.24. The molecule has 0 amide bonds. The molecule has 0 fully saturated rings. The molecule has 0 radical (unpaired) electrons. The molecule has 0 N–H and O–H groups in total. The smallest absolute Gasteiger partial charge is 0.135 e. The molecular formula is C54H32O. The lowest BCUT2D eigenvalue weighted by Gasteiger charge is -2.24. The Morgan fingerprint density at radius 3 is 1.67 bits per heavy atom. The molecule has 0 aliphatic carbocycles. The second-order valence-electron chi connectivity index (χ2n) is 14.7. The lowest BCUT2D eigenvalue weighted by molar-refractivity contribution is 0.487. The highest BCUT2D eigenvalue weighted by atomic mass is 16.5. The highest BCUT2D eigenvalue weighted by molar-refractivity contribution is 6.24. The average Bonchev–Trinajstić information content (AvgIpc) is 3.26. The quantitative estimate of drug-likeness (QED) is 0.132. The molecule has 1 nitrogen and oxygen atoms in total. The lowest BCUT2D eigenvalue weighted by atomic mass is 9.84. The van der Waals surface area contributed by atoms with E-state index >= 15 is 0 Å². The SMILES string of the molecule is [2H]c1c2c3c(cccc3c3cc(-c4ccc5ccccc5c4)ccc13)Oc1cc(-c3c4ccccc4c(-c4cccc5ccccc45)c4ccccc34)ccc1-2. The minimum atomic E-state index is 0.526. The third kappa shape index (κ3) is 4.54. The normalized spacial score (nSPS) is 12.4. The Kier molecular flexibility index (Phi) is 6.19. The Balaban J connectivity index is 1.06. The first-order chi connectivity index (χ1) is 27.7. The van der Waals surface area contributed by atoms with Crippen molar-refractivity contribution in [3.63, 3.8) is 0 Å². The summed E-state index contributed by atoms with van der Waals surface area (Å²) < 4.78 is 16.6. The van der Waals surface area contributed by atoms with Crippen LogP contribution in [0.25, 0.3) is 109 Å². The zero-order valence-electron chi connectivity index (χ0n) is 30.8. The molecule has 11 aromatic carbocycles. The van der Waals surface area contributed by atoms with Gasteiger partial charge in [-0.1, -0.05) is 158 Å². The van der Waals surface area contributed by atoms with Crippen LogP contribution in [0.2, 0.25) is 0 Å². The van der Waals surface area contributed by atoms with Gasteiger partial charge in [0.2, 0.25) is 0 Å². The zero-order valence-corrected chi connectivity index (χ0v) is 29.8. The monoisotopic (exact) mass is 697 g/mol. The van der Waals surface area contributed by atoms with Crippen LogP contribution in [0.4, 0.5) is 0 Å². The van der Waals surface area contributed by atoms with E-state index in [2.05, 4.69) is 182 Å². The third-order valence-electron chi connectivity index (χ3n) is 11.7. The van der Waals surface area contributed by atoms with Crippen LogP contribution in [-0.2, 0) is 0 Å². The van der Waals surface area contributed by atoms with Gasteiger partial charge in [0.15, 0.2) is 0 Å². The van der Waals surface area contributed by atoms with Gasteiger partial charge in [0, 0.05) is 10.9 Å². The molecule has 55 heavy (non-hydrogen) atoms. The predicted octanol–water partition coefficient (Wildman–Crippen LogP) is 15.4. The van der Waals surface area contributed by atoms with Crippen LogP contribution in [0.3, 0.4) is 0 Å². The van der Waals surface area contributed by atoms with Gasteiger partial charge < -0.3 is 4.74 Å². The summed E-state index contributed by atoms with van der Waals surface area (Å²) in [6.45, 7) is 0. The molecule has 0 bridgehead atoms. The summed E-state index contributed by atoms with van der Waals surface area (Å²) in [5, 5.41) is 13.8. The second kappa shape index (κ2) is 11.6. The summed E-state index contributed by atoms with van der Waals surface area (Å²) in [5.74, 6) is 1.56. The fraction of sp³-hybridized carbons (Fsp3) is 0. The Hall–Kier alpha value is -7.22. The Morgan fingerprint density at radius 2 is 0.891 bits per heavy atom. The maximum Gasteiger partial charge on any atom is 0.135 e. The number of ether oxygens (including phenoxy) is 1. The van der Waals surface area contributed by atoms with Gasteiger partial charge in [-0.2, -0.15) is 0 Å². The van der Waals surface area contributed by atoms with Crippen molar-refractivity contribution in [1.29, 1.82) is 0 Å². The maximum absolute atomic E-state index is 9.71. The summed E-state index contributed by atoms with van der Waals surface area (Å²) in [5.41, 5.74) is 8.93. The Morgan fingerprint density at radius 1 is 0.309 bits per heavy atom. The summed E-state index contributed by atoms with van der Waals surface area (Å²) in [7, 11) is 0. The molecule has 0 saturated carbocycles. The summed E-state index contributed by atoms with van der Waals surface area (Å²) in [6, 6.07) is 67.9. The maximum atomic E-state index is 9.71. The number of fused-ring (bicyclic) bond motifs is 8. The molecule has 0 saturated heterocycles. The van der Waals surface area contributed by atoms with Gasteiger partial charge in [0.25, 0.3) is 0 Å². The van der Waals surface area contributed by atoms with Crippen LogP contribution in [-0.4, -0.2) is 0 Å². The van der Waals surface area contributed by atoms with Crippen molar-refractivity contribution in [2.45, 2.75) is 0 Å². The molecule has 11 aromatic rings. The van der Waals surface area contributed by atoms with E-state index in [1.54, 1.807) is 0 Å². The molecule has 254 valence electrons. The van der Waals surface area contributed by atoms with Crippen molar-refractivity contribution in [2.75, 3.05) is 0 Å². The van der Waals surface area contributed by atoms with E-state index in [9.17, 15) is 1.37 Å². The first-order valence-electron chi connectivity index (χ1n) is 19.4. The third-order valence-corrected chi connectivity index (χ3v) is 11.7. The fourth-order valence-corrected chi connectivity index (χ4v) is 9.18. The Labute approximate surface area is 319 Å². The van der Waals surface area contributed by atoms with Crippen molar-refractivity contribution in [1.82, 2.24) is 0 Å². The molecule has 0 unspecified atom stereocenters. The van der Waals surface area contributed by atoms with E-state index in [4.69, 9.17) is 4.74 Å². The summed E-state index contributed by atoms with van der Waals surface area (Å²) in [6.07, 6.45) is 0. The van der Waals surface area contributed by atoms with Crippen LogP contribution in [0, 0.1) is 0 Å². The first kappa shape index (κ1) is 29.3. The number of hydrogen-bond donors (Lipinski definition) is 0. The van der Waals surface area contributed by atoms with E-state index < -0.39 is 0 Å². The van der Waals surface area contributed by atoms with Crippen LogP contribution in [0.15, 0.2) is 194 Å². The molecule has 1 aliphatic rings. The van der Waals surface area contributed by atoms with Crippen molar-refractivity contribution < 1.29 is 6.11 Å². The van der Waals surface area contributed by atoms with E-state index in [0.717, 1.165) is 60.9 Å². The van der Waals surface area contributed by atoms with E-state index in [1.165, 1.54) is 59.8 Å². The van der Waals surface area contributed by atoms with E-state index in [-0.39, 0.29) is 0 Å². The first-order valence-corrected chi connectivity index (χ1v) is 18.9. The molecule has 12 rings (SSSR count). The number of rotatable bonds is 3. The summed E-state index contributed by atoms with van der Waals surface area (Å²) in [4.78, 5) is 0. The van der Waals surface area contributed by atoms with Gasteiger partial charge >= 0.3 is 0 Å². The molecule has 0 aromatic heterocycles. The molecule has 1 heteroatoms. The average molecular weight is 698 g/mol. The molecule has 0 atom stereocenters. The standard InChI is InChI=1S/C54H32O/c1-2-13-35-29-36(24-23-33(35)11-1)37-25-26-38-31-49-41-28-27-39(32-51(41)55-50-22-10-21-47(54(49)50)48(38)30-37)52-43-16-5-7-18-45(43)53(46-19-8-6-17-44(46)52)42-20-9-14-34-12-3-4-15-40(34)42/h1-32H/i31D. The molecule has 1 aliphatic heterocycles. The van der Waals surface area contributed by atoms with Crippen LogP contribution >= 0.6 is 0 Å². The van der Waals surface area contributed by atoms with E-state index in [1.807, 2.05) is 6.07 Å². The largest absolute Gasteiger partial charge is 0.456 e. The van der Waals surface area contributed by atoms with Crippen molar-refractivity contribution in [3.8, 4) is 56.0 Å². The molecule has 1 heterocycles. The second-order valence-corrected chi connectivity index (χ2v) is 14.7. The minimum Gasteiger partial charge on any atom is -0.456 e. The van der Waals surface area contributed by atoms with Crippen molar-refractivity contribution in [3.05, 3.63) is 194 Å². The van der Waals surface area contributed by atoms with Gasteiger partial charge in [-0.3, -0.25) is 0 Å². The van der Waals surface area contributed by atoms with Crippen LogP contribution in [0.1, 0.15) is 1.37 Å².